The van der Waals surface area contributed by atoms with Gasteiger partial charge in [0.25, 0.3) is 0 Å². The van der Waals surface area contributed by atoms with E-state index in [4.69, 9.17) is 5.10 Å². The van der Waals surface area contributed by atoms with Crippen LogP contribution in [0.15, 0.2) is 36.5 Å². The fourth-order valence-corrected chi connectivity index (χ4v) is 4.36. The molecule has 0 amide bonds. The van der Waals surface area contributed by atoms with Gasteiger partial charge in [-0.15, -0.1) is 0 Å². The highest BCUT2D eigenvalue weighted by atomic mass is 15.3. The number of pyridine rings is 1. The van der Waals surface area contributed by atoms with Gasteiger partial charge in [0.1, 0.15) is 0 Å². The fourth-order valence-electron chi connectivity index (χ4n) is 4.36. The number of fused-ring (bicyclic) bond motifs is 3. The highest BCUT2D eigenvalue weighted by molar-refractivity contribution is 5.74. The summed E-state index contributed by atoms with van der Waals surface area (Å²) >= 11 is 0. The number of hydrogen-bond acceptors (Lipinski definition) is 2. The fraction of sp³-hybridized carbons (Fsp3) is 0.208. The first-order chi connectivity index (χ1) is 13.2. The lowest BCUT2D eigenvalue weighted by Crippen LogP contribution is -2.13. The van der Waals surface area contributed by atoms with E-state index < -0.39 is 0 Å². The second-order valence-corrected chi connectivity index (χ2v) is 7.44. The molecule has 5 rings (SSSR count). The Morgan fingerprint density at radius 2 is 1.81 bits per heavy atom. The Labute approximate surface area is 161 Å². The van der Waals surface area contributed by atoms with Crippen molar-refractivity contribution in [1.29, 1.82) is 0 Å². The van der Waals surface area contributed by atoms with E-state index in [0.29, 0.717) is 6.54 Å². The molecule has 0 N–H and O–H groups in total. The molecule has 2 aromatic heterocycles. The molecule has 0 aliphatic heterocycles. The lowest BCUT2D eigenvalue weighted by Gasteiger charge is -2.20. The van der Waals surface area contributed by atoms with Crippen molar-refractivity contribution in [2.45, 2.75) is 33.2 Å². The van der Waals surface area contributed by atoms with Gasteiger partial charge in [-0.1, -0.05) is 17.7 Å². The maximum absolute atomic E-state index is 5.10. The number of rotatable bonds is 3. The summed E-state index contributed by atoms with van der Waals surface area (Å²) in [7, 11) is 0. The Morgan fingerprint density at radius 3 is 2.59 bits per heavy atom. The minimum atomic E-state index is 0.689. The Bertz CT molecular complexity index is 979. The van der Waals surface area contributed by atoms with Gasteiger partial charge in [0.05, 0.1) is 23.6 Å². The molecular weight excluding hydrogens is 330 g/mol. The zero-order chi connectivity index (χ0) is 18.4. The summed E-state index contributed by atoms with van der Waals surface area (Å²) in [6.07, 6.45) is 12.5. The maximum Gasteiger partial charge on any atom is 0.0961 e. The number of nitrogens with zero attached hydrogens (tertiary/aromatic N) is 3. The van der Waals surface area contributed by atoms with Gasteiger partial charge in [-0.25, -0.2) is 0 Å². The SMILES string of the molecule is Cc1cc(C)c2c(c1)-c1nn(Cc3ccccn3)c([C]3[CH][CH][CH][CH]3)c1CC2. The van der Waals surface area contributed by atoms with Crippen LogP contribution in [0.1, 0.15) is 33.6 Å². The van der Waals surface area contributed by atoms with Crippen molar-refractivity contribution in [3.05, 3.63) is 102 Å². The maximum atomic E-state index is 5.10. The average Bonchev–Trinajstić information content (AvgIpc) is 3.29. The zero-order valence-electron chi connectivity index (χ0n) is 15.7. The van der Waals surface area contributed by atoms with Crippen molar-refractivity contribution in [1.82, 2.24) is 14.8 Å². The predicted molar refractivity (Wildman–Crippen MR) is 107 cm³/mol. The Hall–Kier alpha value is -2.42. The number of benzene rings is 1. The second kappa shape index (κ2) is 6.63. The van der Waals surface area contributed by atoms with Crippen molar-refractivity contribution in [2.75, 3.05) is 0 Å². The molecule has 0 atom stereocenters. The third-order valence-corrected chi connectivity index (χ3v) is 5.52. The van der Waals surface area contributed by atoms with Crippen LogP contribution in [0.4, 0.5) is 0 Å². The summed E-state index contributed by atoms with van der Waals surface area (Å²) in [5.74, 6) is 1.24. The number of aryl methyl sites for hydroxylation is 2. The molecule has 2 aliphatic rings. The van der Waals surface area contributed by atoms with E-state index in [1.807, 2.05) is 18.3 Å². The highest BCUT2D eigenvalue weighted by Gasteiger charge is 2.32. The van der Waals surface area contributed by atoms with Crippen LogP contribution >= 0.6 is 0 Å². The van der Waals surface area contributed by atoms with Crippen LogP contribution in [0.2, 0.25) is 0 Å². The summed E-state index contributed by atoms with van der Waals surface area (Å²) in [4.78, 5) is 4.51. The van der Waals surface area contributed by atoms with Crippen molar-refractivity contribution < 1.29 is 0 Å². The molecule has 1 aromatic carbocycles. The van der Waals surface area contributed by atoms with Crippen LogP contribution in [0.25, 0.3) is 11.3 Å². The quantitative estimate of drug-likeness (QED) is 0.697. The van der Waals surface area contributed by atoms with Crippen molar-refractivity contribution in [2.24, 2.45) is 0 Å². The van der Waals surface area contributed by atoms with Gasteiger partial charge in [0.2, 0.25) is 0 Å². The van der Waals surface area contributed by atoms with Crippen molar-refractivity contribution in [3.8, 4) is 11.3 Å². The summed E-state index contributed by atoms with van der Waals surface area (Å²) in [5.41, 5.74) is 10.2. The third kappa shape index (κ3) is 2.90. The smallest absolute Gasteiger partial charge is 0.0961 e. The van der Waals surface area contributed by atoms with Crippen molar-refractivity contribution in [3.63, 3.8) is 0 Å². The molecule has 3 nitrogen and oxygen atoms in total. The molecule has 0 saturated heterocycles. The summed E-state index contributed by atoms with van der Waals surface area (Å²) in [5, 5.41) is 5.10. The molecule has 3 heteroatoms. The zero-order valence-corrected chi connectivity index (χ0v) is 15.7. The van der Waals surface area contributed by atoms with Crippen LogP contribution < -0.4 is 0 Å². The molecule has 3 aromatic rings. The molecular formula is C24H22N3. The van der Waals surface area contributed by atoms with Crippen LogP contribution in [0.5, 0.6) is 0 Å². The molecule has 27 heavy (non-hydrogen) atoms. The molecule has 1 fully saturated rings. The summed E-state index contributed by atoms with van der Waals surface area (Å²) in [6.45, 7) is 5.08. The first kappa shape index (κ1) is 16.7. The molecule has 2 heterocycles. The van der Waals surface area contributed by atoms with Gasteiger partial charge in [-0.05, 0) is 81.7 Å². The van der Waals surface area contributed by atoms with Gasteiger partial charge in [0.15, 0.2) is 0 Å². The van der Waals surface area contributed by atoms with E-state index in [9.17, 15) is 0 Å². The van der Waals surface area contributed by atoms with E-state index in [2.05, 4.69) is 67.4 Å². The lowest BCUT2D eigenvalue weighted by atomic mass is 9.83. The van der Waals surface area contributed by atoms with Crippen LogP contribution in [-0.2, 0) is 19.4 Å². The molecule has 2 aliphatic carbocycles. The minimum absolute atomic E-state index is 0.689. The molecule has 0 unspecified atom stereocenters. The second-order valence-electron chi connectivity index (χ2n) is 7.44. The van der Waals surface area contributed by atoms with Crippen LogP contribution in [-0.4, -0.2) is 14.8 Å². The monoisotopic (exact) mass is 352 g/mol. The van der Waals surface area contributed by atoms with Gasteiger partial charge in [0, 0.05) is 23.2 Å². The van der Waals surface area contributed by atoms with Crippen LogP contribution in [0.3, 0.4) is 0 Å². The first-order valence-electron chi connectivity index (χ1n) is 9.53. The molecule has 5 radical (unpaired) electrons. The predicted octanol–water partition coefficient (Wildman–Crippen LogP) is 4.46. The Kier molecular flexibility index (Phi) is 4.11. The standard InChI is InChI=1S/C24H22N3/c1-16-13-17(2)20-10-11-21-23(22(20)14-16)26-27(15-19-9-5-6-12-25-19)24(21)18-7-3-4-8-18/h3-9,12-14H,10-11,15H2,1-2H3. The number of hydrogen-bond donors (Lipinski definition) is 0. The molecule has 0 spiro atoms. The third-order valence-electron chi connectivity index (χ3n) is 5.52. The minimum Gasteiger partial charge on any atom is -0.262 e. The van der Waals surface area contributed by atoms with E-state index in [0.717, 1.165) is 24.2 Å². The first-order valence-corrected chi connectivity index (χ1v) is 9.53. The van der Waals surface area contributed by atoms with Gasteiger partial charge < -0.3 is 0 Å². The largest absolute Gasteiger partial charge is 0.262 e. The van der Waals surface area contributed by atoms with Gasteiger partial charge in [-0.3, -0.25) is 9.67 Å². The summed E-state index contributed by atoms with van der Waals surface area (Å²) in [6, 6.07) is 10.6. The normalized spacial score (nSPS) is 16.4. The van der Waals surface area contributed by atoms with E-state index in [1.165, 1.54) is 39.4 Å². The highest BCUT2D eigenvalue weighted by Crippen LogP contribution is 2.41. The summed E-state index contributed by atoms with van der Waals surface area (Å²) < 4.78 is 2.15. The lowest BCUT2D eigenvalue weighted by molar-refractivity contribution is 0.651. The average molecular weight is 352 g/mol. The Balaban J connectivity index is 1.67. The molecule has 1 saturated carbocycles. The molecule has 0 bridgehead atoms. The van der Waals surface area contributed by atoms with Crippen molar-refractivity contribution >= 4 is 0 Å². The van der Waals surface area contributed by atoms with E-state index >= 15 is 0 Å². The Morgan fingerprint density at radius 1 is 1.00 bits per heavy atom. The van der Waals surface area contributed by atoms with E-state index in [1.54, 1.807) is 0 Å². The van der Waals surface area contributed by atoms with Gasteiger partial charge >= 0.3 is 0 Å². The number of aromatic nitrogens is 3. The van der Waals surface area contributed by atoms with Gasteiger partial charge in [-0.2, -0.15) is 5.10 Å². The van der Waals surface area contributed by atoms with Crippen LogP contribution in [0, 0.1) is 45.4 Å². The topological polar surface area (TPSA) is 30.7 Å². The van der Waals surface area contributed by atoms with E-state index in [-0.39, 0.29) is 0 Å². The molecule has 133 valence electrons.